The van der Waals surface area contributed by atoms with E-state index in [2.05, 4.69) is 15.5 Å². The van der Waals surface area contributed by atoms with Gasteiger partial charge in [-0.3, -0.25) is 9.69 Å². The van der Waals surface area contributed by atoms with Gasteiger partial charge in [0.2, 0.25) is 5.91 Å². The van der Waals surface area contributed by atoms with E-state index in [1.54, 1.807) is 0 Å². The van der Waals surface area contributed by atoms with Gasteiger partial charge in [0.05, 0.1) is 6.04 Å². The second kappa shape index (κ2) is 7.25. The SMILES string of the molecule is CC(C(=O)Nc1ccccc1)N1CCC2CCC(C1)N2.Cl. The van der Waals surface area contributed by atoms with Gasteiger partial charge in [0.25, 0.3) is 0 Å². The number of para-hydroxylation sites is 1. The third kappa shape index (κ3) is 3.96. The Labute approximate surface area is 132 Å². The molecule has 3 atom stereocenters. The maximum atomic E-state index is 12.4. The van der Waals surface area contributed by atoms with E-state index in [1.165, 1.54) is 12.8 Å². The number of nitrogens with one attached hydrogen (secondary N) is 2. The first-order valence-electron chi connectivity index (χ1n) is 7.58. The highest BCUT2D eigenvalue weighted by Crippen LogP contribution is 2.22. The summed E-state index contributed by atoms with van der Waals surface area (Å²) in [4.78, 5) is 14.7. The number of hydrogen-bond donors (Lipinski definition) is 2. The highest BCUT2D eigenvalue weighted by atomic mass is 35.5. The van der Waals surface area contributed by atoms with E-state index < -0.39 is 0 Å². The fourth-order valence-electron chi connectivity index (χ4n) is 3.26. The van der Waals surface area contributed by atoms with Crippen molar-refractivity contribution >= 4 is 24.0 Å². The number of fused-ring (bicyclic) bond motifs is 2. The molecular weight excluding hydrogens is 286 g/mol. The number of benzene rings is 1. The fourth-order valence-corrected chi connectivity index (χ4v) is 3.26. The molecule has 2 bridgehead atoms. The average molecular weight is 310 g/mol. The van der Waals surface area contributed by atoms with Crippen molar-refractivity contribution in [3.8, 4) is 0 Å². The van der Waals surface area contributed by atoms with Gasteiger partial charge in [-0.05, 0) is 38.3 Å². The lowest BCUT2D eigenvalue weighted by atomic mass is 10.1. The molecular formula is C16H24ClN3O. The molecule has 0 spiro atoms. The van der Waals surface area contributed by atoms with Crippen LogP contribution < -0.4 is 10.6 Å². The standard InChI is InChI=1S/C16H23N3O.ClH/c1-12(16(20)18-13-5-3-2-4-6-13)19-10-9-14-7-8-15(11-19)17-14;/h2-6,12,14-15,17H,7-11H2,1H3,(H,18,20);1H. The molecule has 4 nitrogen and oxygen atoms in total. The lowest BCUT2D eigenvalue weighted by molar-refractivity contribution is -0.120. The predicted octanol–water partition coefficient (Wildman–Crippen LogP) is 2.26. The Balaban J connectivity index is 0.00000161. The summed E-state index contributed by atoms with van der Waals surface area (Å²) in [7, 11) is 0. The van der Waals surface area contributed by atoms with Crippen LogP contribution in [-0.4, -0.2) is 42.0 Å². The maximum Gasteiger partial charge on any atom is 0.241 e. The van der Waals surface area contributed by atoms with Crippen molar-refractivity contribution in [1.29, 1.82) is 0 Å². The molecule has 3 unspecified atom stereocenters. The van der Waals surface area contributed by atoms with Crippen LogP contribution in [0.4, 0.5) is 5.69 Å². The summed E-state index contributed by atoms with van der Waals surface area (Å²) >= 11 is 0. The number of halogens is 1. The monoisotopic (exact) mass is 309 g/mol. The van der Waals surface area contributed by atoms with Crippen LogP contribution in [0.1, 0.15) is 26.2 Å². The Kier molecular flexibility index (Phi) is 5.62. The second-order valence-electron chi connectivity index (χ2n) is 5.95. The zero-order chi connectivity index (χ0) is 13.9. The first-order chi connectivity index (χ1) is 9.72. The molecule has 21 heavy (non-hydrogen) atoms. The highest BCUT2D eigenvalue weighted by molar-refractivity contribution is 5.94. The average Bonchev–Trinajstić information content (AvgIpc) is 2.79. The van der Waals surface area contributed by atoms with E-state index in [4.69, 9.17) is 0 Å². The normalized spacial score (nSPS) is 26.5. The Morgan fingerprint density at radius 2 is 1.95 bits per heavy atom. The van der Waals surface area contributed by atoms with E-state index in [0.717, 1.165) is 25.2 Å². The number of likely N-dealkylation sites (tertiary alicyclic amines) is 1. The second-order valence-corrected chi connectivity index (χ2v) is 5.95. The topological polar surface area (TPSA) is 44.4 Å². The van der Waals surface area contributed by atoms with Crippen LogP contribution >= 0.6 is 12.4 Å². The third-order valence-corrected chi connectivity index (χ3v) is 4.52. The Morgan fingerprint density at radius 3 is 2.71 bits per heavy atom. The molecule has 3 rings (SSSR count). The minimum Gasteiger partial charge on any atom is -0.325 e. The largest absolute Gasteiger partial charge is 0.325 e. The highest BCUT2D eigenvalue weighted by Gasteiger charge is 2.32. The van der Waals surface area contributed by atoms with Crippen molar-refractivity contribution in [2.75, 3.05) is 18.4 Å². The van der Waals surface area contributed by atoms with Gasteiger partial charge in [0.1, 0.15) is 0 Å². The van der Waals surface area contributed by atoms with Gasteiger partial charge in [-0.15, -0.1) is 12.4 Å². The third-order valence-electron chi connectivity index (χ3n) is 4.52. The van der Waals surface area contributed by atoms with Gasteiger partial charge < -0.3 is 10.6 Å². The lowest BCUT2D eigenvalue weighted by Crippen LogP contribution is -2.46. The minimum absolute atomic E-state index is 0. The van der Waals surface area contributed by atoms with Crippen LogP contribution in [0.25, 0.3) is 0 Å². The number of carbonyl (C=O) groups is 1. The summed E-state index contributed by atoms with van der Waals surface area (Å²) in [5.74, 6) is 0.0916. The van der Waals surface area contributed by atoms with Crippen molar-refractivity contribution in [3.05, 3.63) is 30.3 Å². The molecule has 1 aromatic rings. The van der Waals surface area contributed by atoms with E-state index in [-0.39, 0.29) is 24.4 Å². The van der Waals surface area contributed by atoms with E-state index in [0.29, 0.717) is 12.1 Å². The molecule has 2 aliphatic rings. The van der Waals surface area contributed by atoms with Crippen LogP contribution in [0.3, 0.4) is 0 Å². The molecule has 1 aromatic carbocycles. The van der Waals surface area contributed by atoms with Gasteiger partial charge in [0.15, 0.2) is 0 Å². The molecule has 2 heterocycles. The van der Waals surface area contributed by atoms with E-state index in [9.17, 15) is 4.79 Å². The molecule has 1 amide bonds. The Hall–Kier alpha value is -1.10. The number of hydrogen-bond acceptors (Lipinski definition) is 3. The van der Waals surface area contributed by atoms with Gasteiger partial charge in [-0.1, -0.05) is 18.2 Å². The van der Waals surface area contributed by atoms with Gasteiger partial charge >= 0.3 is 0 Å². The summed E-state index contributed by atoms with van der Waals surface area (Å²) in [6, 6.07) is 10.8. The van der Waals surface area contributed by atoms with Crippen molar-refractivity contribution in [1.82, 2.24) is 10.2 Å². The summed E-state index contributed by atoms with van der Waals surface area (Å²) in [5.41, 5.74) is 0.874. The summed E-state index contributed by atoms with van der Waals surface area (Å²) < 4.78 is 0. The van der Waals surface area contributed by atoms with E-state index in [1.807, 2.05) is 37.3 Å². The van der Waals surface area contributed by atoms with Crippen molar-refractivity contribution in [2.45, 2.75) is 44.3 Å². The fraction of sp³-hybridized carbons (Fsp3) is 0.562. The first kappa shape index (κ1) is 16.3. The molecule has 116 valence electrons. The maximum absolute atomic E-state index is 12.4. The zero-order valence-corrected chi connectivity index (χ0v) is 13.2. The van der Waals surface area contributed by atoms with Gasteiger partial charge in [0, 0.05) is 30.9 Å². The number of rotatable bonds is 3. The van der Waals surface area contributed by atoms with Crippen LogP contribution in [-0.2, 0) is 4.79 Å². The first-order valence-corrected chi connectivity index (χ1v) is 7.58. The molecule has 2 fully saturated rings. The van der Waals surface area contributed by atoms with Crippen LogP contribution in [0.15, 0.2) is 30.3 Å². The Morgan fingerprint density at radius 1 is 1.24 bits per heavy atom. The summed E-state index contributed by atoms with van der Waals surface area (Å²) in [6.07, 6.45) is 3.69. The molecule has 5 heteroatoms. The Bertz CT molecular complexity index is 468. The lowest BCUT2D eigenvalue weighted by Gasteiger charge is -2.29. The quantitative estimate of drug-likeness (QED) is 0.900. The van der Waals surface area contributed by atoms with Gasteiger partial charge in [-0.2, -0.15) is 0 Å². The zero-order valence-electron chi connectivity index (χ0n) is 12.4. The number of amides is 1. The summed E-state index contributed by atoms with van der Waals surface area (Å²) in [6.45, 7) is 4.01. The number of anilines is 1. The smallest absolute Gasteiger partial charge is 0.241 e. The molecule has 0 aliphatic carbocycles. The van der Waals surface area contributed by atoms with Gasteiger partial charge in [-0.25, -0.2) is 0 Å². The van der Waals surface area contributed by atoms with Crippen LogP contribution in [0.2, 0.25) is 0 Å². The van der Waals surface area contributed by atoms with E-state index >= 15 is 0 Å². The molecule has 2 aliphatic heterocycles. The molecule has 2 N–H and O–H groups in total. The molecule has 2 saturated heterocycles. The number of nitrogens with zero attached hydrogens (tertiary/aromatic N) is 1. The van der Waals surface area contributed by atoms with Crippen LogP contribution in [0.5, 0.6) is 0 Å². The van der Waals surface area contributed by atoms with Crippen LogP contribution in [0, 0.1) is 0 Å². The summed E-state index contributed by atoms with van der Waals surface area (Å²) in [5, 5.41) is 6.66. The molecule has 0 aromatic heterocycles. The van der Waals surface area contributed by atoms with Crippen molar-refractivity contribution < 1.29 is 4.79 Å². The van der Waals surface area contributed by atoms with Crippen molar-refractivity contribution in [3.63, 3.8) is 0 Å². The molecule has 0 radical (unpaired) electrons. The molecule has 0 saturated carbocycles. The minimum atomic E-state index is -0.0728. The predicted molar refractivity (Wildman–Crippen MR) is 87.9 cm³/mol. The van der Waals surface area contributed by atoms with Crippen molar-refractivity contribution in [2.24, 2.45) is 0 Å². The number of carbonyl (C=O) groups excluding carboxylic acids is 1.